The fraction of sp³-hybridized carbons (Fsp3) is 0.393. The third-order valence-corrected chi connectivity index (χ3v) is 7.69. The summed E-state index contributed by atoms with van der Waals surface area (Å²) in [5.74, 6) is -0.288. The van der Waals surface area contributed by atoms with Crippen molar-refractivity contribution in [2.24, 2.45) is 5.41 Å². The monoisotopic (exact) mass is 557 g/mol. The second-order valence-corrected chi connectivity index (χ2v) is 10.3. The van der Waals surface area contributed by atoms with Crippen LogP contribution in [0.25, 0.3) is 11.1 Å². The SMILES string of the molecule is COc1ccc(-c2ccc(C(Oc3cc(N4CCC5(CC4)CN[C@H](C(=O)O)C5)nc(N)n3)C(F)(F)F)cc2)cc1. The van der Waals surface area contributed by atoms with E-state index in [0.29, 0.717) is 37.6 Å². The third-order valence-electron chi connectivity index (χ3n) is 7.69. The molecule has 212 valence electrons. The first kappa shape index (κ1) is 27.5. The lowest BCUT2D eigenvalue weighted by atomic mass is 9.76. The molecule has 2 aliphatic rings. The van der Waals surface area contributed by atoms with Gasteiger partial charge in [-0.1, -0.05) is 36.4 Å². The predicted octanol–water partition coefficient (Wildman–Crippen LogP) is 4.45. The van der Waals surface area contributed by atoms with E-state index in [1.807, 2.05) is 17.0 Å². The van der Waals surface area contributed by atoms with Gasteiger partial charge in [0.05, 0.1) is 7.11 Å². The standard InChI is InChI=1S/C28H30F3N5O4/c1-39-20-8-6-18(7-9-20)17-2-4-19(5-3-17)24(28(29,30)31)40-23-14-22(34-26(32)35-23)36-12-10-27(11-13-36)15-21(25(37)38)33-16-27/h2-9,14,21,24,33H,10-13,15-16H2,1H3,(H,37,38)(H2,32,34,35)/t21-,24?/m0/s1. The number of rotatable bonds is 7. The zero-order valence-corrected chi connectivity index (χ0v) is 21.8. The molecule has 9 nitrogen and oxygen atoms in total. The van der Waals surface area contributed by atoms with E-state index in [0.717, 1.165) is 24.0 Å². The van der Waals surface area contributed by atoms with Gasteiger partial charge in [0.2, 0.25) is 17.9 Å². The van der Waals surface area contributed by atoms with Gasteiger partial charge in [-0.25, -0.2) is 0 Å². The van der Waals surface area contributed by atoms with Crippen LogP contribution < -0.4 is 25.4 Å². The molecular formula is C28H30F3N5O4. The lowest BCUT2D eigenvalue weighted by Gasteiger charge is -2.39. The number of hydrogen-bond acceptors (Lipinski definition) is 8. The third kappa shape index (κ3) is 5.91. The van der Waals surface area contributed by atoms with Crippen LogP contribution in [0.3, 0.4) is 0 Å². The molecule has 2 atom stereocenters. The Bertz CT molecular complexity index is 1340. The van der Waals surface area contributed by atoms with E-state index in [2.05, 4.69) is 15.3 Å². The molecule has 1 aromatic heterocycles. The molecule has 0 bridgehead atoms. The molecule has 40 heavy (non-hydrogen) atoms. The van der Waals surface area contributed by atoms with Crippen molar-refractivity contribution in [3.05, 3.63) is 60.2 Å². The van der Waals surface area contributed by atoms with Crippen LogP contribution >= 0.6 is 0 Å². The van der Waals surface area contributed by atoms with Crippen molar-refractivity contribution in [3.63, 3.8) is 0 Å². The zero-order chi connectivity index (χ0) is 28.5. The number of carbonyl (C=O) groups is 1. The molecule has 2 saturated heterocycles. The zero-order valence-electron chi connectivity index (χ0n) is 21.8. The van der Waals surface area contributed by atoms with Crippen molar-refractivity contribution in [1.29, 1.82) is 0 Å². The summed E-state index contributed by atoms with van der Waals surface area (Å²) >= 11 is 0. The number of anilines is 2. The normalized spacial score (nSPS) is 19.4. The Morgan fingerprint density at radius 1 is 1.10 bits per heavy atom. The molecule has 4 N–H and O–H groups in total. The van der Waals surface area contributed by atoms with Crippen LogP contribution in [0.2, 0.25) is 0 Å². The summed E-state index contributed by atoms with van der Waals surface area (Å²) in [5.41, 5.74) is 7.24. The molecule has 2 aromatic carbocycles. The maximum absolute atomic E-state index is 14.1. The summed E-state index contributed by atoms with van der Waals surface area (Å²) in [7, 11) is 1.56. The van der Waals surface area contributed by atoms with E-state index in [9.17, 15) is 23.1 Å². The van der Waals surface area contributed by atoms with E-state index in [-0.39, 0.29) is 22.8 Å². The number of nitrogens with one attached hydrogen (secondary N) is 1. The highest BCUT2D eigenvalue weighted by molar-refractivity contribution is 5.74. The van der Waals surface area contributed by atoms with E-state index in [1.165, 1.54) is 18.2 Å². The van der Waals surface area contributed by atoms with Gasteiger partial charge < -0.3 is 30.5 Å². The molecule has 0 saturated carbocycles. The summed E-state index contributed by atoms with van der Waals surface area (Å²) in [4.78, 5) is 21.4. The first-order chi connectivity index (χ1) is 19.0. The van der Waals surface area contributed by atoms with Crippen LogP contribution in [0.4, 0.5) is 24.9 Å². The highest BCUT2D eigenvalue weighted by Gasteiger charge is 2.45. The second-order valence-electron chi connectivity index (χ2n) is 10.3. The quantitative estimate of drug-likeness (QED) is 0.387. The molecule has 3 heterocycles. The Balaban J connectivity index is 1.31. The number of halogens is 3. The highest BCUT2D eigenvalue weighted by Crippen LogP contribution is 2.41. The van der Waals surface area contributed by atoms with E-state index in [1.54, 1.807) is 31.4 Å². The fourth-order valence-electron chi connectivity index (χ4n) is 5.41. The number of benzene rings is 2. The molecule has 3 aromatic rings. The molecule has 5 rings (SSSR count). The van der Waals surface area contributed by atoms with Gasteiger partial charge >= 0.3 is 12.1 Å². The van der Waals surface area contributed by atoms with E-state index in [4.69, 9.17) is 15.2 Å². The van der Waals surface area contributed by atoms with Gasteiger partial charge in [-0.15, -0.1) is 0 Å². The average molecular weight is 558 g/mol. The van der Waals surface area contributed by atoms with Crippen LogP contribution in [-0.4, -0.2) is 60.0 Å². The number of alkyl halides is 3. The van der Waals surface area contributed by atoms with E-state index < -0.39 is 24.3 Å². The van der Waals surface area contributed by atoms with Crippen molar-refractivity contribution in [1.82, 2.24) is 15.3 Å². The Labute approximate surface area is 229 Å². The largest absolute Gasteiger partial charge is 0.497 e. The van der Waals surface area contributed by atoms with Gasteiger partial charge in [-0.05, 0) is 47.9 Å². The minimum Gasteiger partial charge on any atom is -0.497 e. The molecule has 0 amide bonds. The number of ether oxygens (including phenoxy) is 2. The van der Waals surface area contributed by atoms with Gasteiger partial charge in [-0.2, -0.15) is 23.1 Å². The minimum atomic E-state index is -4.71. The number of nitrogens with two attached hydrogens (primary N) is 1. The number of methoxy groups -OCH3 is 1. The van der Waals surface area contributed by atoms with Crippen LogP contribution in [0.1, 0.15) is 30.9 Å². The van der Waals surface area contributed by atoms with Crippen molar-refractivity contribution in [3.8, 4) is 22.8 Å². The Morgan fingerprint density at radius 3 is 2.27 bits per heavy atom. The number of piperidine rings is 1. The first-order valence-electron chi connectivity index (χ1n) is 12.9. The van der Waals surface area contributed by atoms with Crippen LogP contribution in [0.5, 0.6) is 11.6 Å². The lowest BCUT2D eigenvalue weighted by Crippen LogP contribution is -2.41. The van der Waals surface area contributed by atoms with E-state index >= 15 is 0 Å². The number of nitrogen functional groups attached to an aromatic ring is 1. The summed E-state index contributed by atoms with van der Waals surface area (Å²) < 4.78 is 53.0. The van der Waals surface area contributed by atoms with Crippen molar-refractivity contribution in [2.75, 3.05) is 37.4 Å². The summed E-state index contributed by atoms with van der Waals surface area (Å²) in [6, 6.07) is 14.0. The number of aliphatic carboxylic acids is 1. The molecule has 2 aliphatic heterocycles. The number of carboxylic acid groups (broad SMARTS) is 1. The summed E-state index contributed by atoms with van der Waals surface area (Å²) in [6.07, 6.45) is -5.00. The Morgan fingerprint density at radius 2 is 1.73 bits per heavy atom. The van der Waals surface area contributed by atoms with Crippen LogP contribution in [0.15, 0.2) is 54.6 Å². The summed E-state index contributed by atoms with van der Waals surface area (Å²) in [6.45, 7) is 1.72. The highest BCUT2D eigenvalue weighted by atomic mass is 19.4. The molecule has 1 unspecified atom stereocenters. The maximum Gasteiger partial charge on any atom is 0.429 e. The number of aromatic nitrogens is 2. The van der Waals surface area contributed by atoms with Gasteiger partial charge in [0.1, 0.15) is 17.6 Å². The molecule has 0 aliphatic carbocycles. The van der Waals surface area contributed by atoms with Gasteiger partial charge in [0.15, 0.2) is 0 Å². The number of hydrogen-bond donors (Lipinski definition) is 3. The molecular weight excluding hydrogens is 527 g/mol. The van der Waals surface area contributed by atoms with Gasteiger partial charge in [0, 0.05) is 31.3 Å². The first-order valence-corrected chi connectivity index (χ1v) is 12.9. The van der Waals surface area contributed by atoms with Gasteiger partial charge in [0.25, 0.3) is 0 Å². The Kier molecular flexibility index (Phi) is 7.45. The number of carboxylic acids is 1. The van der Waals surface area contributed by atoms with Crippen molar-refractivity contribution >= 4 is 17.7 Å². The minimum absolute atomic E-state index is 0.0786. The molecule has 12 heteroatoms. The topological polar surface area (TPSA) is 123 Å². The summed E-state index contributed by atoms with van der Waals surface area (Å²) in [5, 5.41) is 12.4. The fourth-order valence-corrected chi connectivity index (χ4v) is 5.41. The van der Waals surface area contributed by atoms with Gasteiger partial charge in [-0.3, -0.25) is 4.79 Å². The molecule has 1 spiro atoms. The lowest BCUT2D eigenvalue weighted by molar-refractivity contribution is -0.198. The average Bonchev–Trinajstić information content (AvgIpc) is 3.35. The smallest absolute Gasteiger partial charge is 0.429 e. The maximum atomic E-state index is 14.1. The van der Waals surface area contributed by atoms with Crippen LogP contribution in [-0.2, 0) is 4.79 Å². The van der Waals surface area contributed by atoms with Crippen molar-refractivity contribution in [2.45, 2.75) is 37.6 Å². The predicted molar refractivity (Wildman–Crippen MR) is 142 cm³/mol. The number of nitrogens with zero attached hydrogens (tertiary/aromatic N) is 3. The molecule has 2 fully saturated rings. The molecule has 0 radical (unpaired) electrons. The Hall–Kier alpha value is -4.06. The van der Waals surface area contributed by atoms with Crippen molar-refractivity contribution < 1.29 is 32.5 Å². The van der Waals surface area contributed by atoms with Crippen LogP contribution in [0, 0.1) is 5.41 Å². The second kappa shape index (κ2) is 10.8.